The zero-order valence-corrected chi connectivity index (χ0v) is 13.4. The Bertz CT molecular complexity index is 1090. The molecular formula is C20H15FN2O2. The number of benzene rings is 3. The maximum Gasteiger partial charge on any atom is 0.168 e. The molecule has 1 aromatic heterocycles. The van der Waals surface area contributed by atoms with Crippen molar-refractivity contribution < 1.29 is 14.6 Å². The van der Waals surface area contributed by atoms with E-state index in [1.165, 1.54) is 6.07 Å². The second kappa shape index (κ2) is 5.63. The Morgan fingerprint density at radius 3 is 2.44 bits per heavy atom. The lowest BCUT2D eigenvalue weighted by Gasteiger charge is -2.08. The van der Waals surface area contributed by atoms with E-state index < -0.39 is 5.82 Å². The van der Waals surface area contributed by atoms with Crippen LogP contribution in [0.15, 0.2) is 60.8 Å². The molecule has 4 aromatic rings. The molecule has 25 heavy (non-hydrogen) atoms. The predicted molar refractivity (Wildman–Crippen MR) is 94.5 cm³/mol. The molecule has 1 heterocycles. The summed E-state index contributed by atoms with van der Waals surface area (Å²) in [7, 11) is 0. The molecule has 0 aliphatic rings. The lowest BCUT2D eigenvalue weighted by molar-refractivity contribution is 0.431. The number of halogens is 1. The number of phenols is 2. The second-order valence-corrected chi connectivity index (χ2v) is 5.92. The molecule has 0 bridgehead atoms. The summed E-state index contributed by atoms with van der Waals surface area (Å²) in [4.78, 5) is 0. The summed E-state index contributed by atoms with van der Waals surface area (Å²) in [5, 5.41) is 24.4. The average Bonchev–Trinajstić information content (AvgIpc) is 3.04. The Labute approximate surface area is 143 Å². The number of aryl methyl sites for hydroxylation is 1. The highest BCUT2D eigenvalue weighted by Crippen LogP contribution is 2.30. The van der Waals surface area contributed by atoms with Gasteiger partial charge >= 0.3 is 0 Å². The molecule has 0 fully saturated rings. The molecule has 0 aliphatic heterocycles. The Morgan fingerprint density at radius 2 is 1.72 bits per heavy atom. The smallest absolute Gasteiger partial charge is 0.168 e. The molecule has 0 aliphatic carbocycles. The number of fused-ring (bicyclic) bond motifs is 1. The van der Waals surface area contributed by atoms with Crippen molar-refractivity contribution in [1.82, 2.24) is 9.78 Å². The van der Waals surface area contributed by atoms with E-state index >= 15 is 0 Å². The fourth-order valence-corrected chi connectivity index (χ4v) is 2.98. The van der Waals surface area contributed by atoms with Gasteiger partial charge in [-0.2, -0.15) is 5.10 Å². The van der Waals surface area contributed by atoms with Gasteiger partial charge < -0.3 is 10.2 Å². The molecule has 124 valence electrons. The molecule has 0 saturated carbocycles. The predicted octanol–water partition coefficient (Wildman–Crippen LogP) is 4.55. The largest absolute Gasteiger partial charge is 0.508 e. The van der Waals surface area contributed by atoms with E-state index in [1.54, 1.807) is 36.0 Å². The molecule has 4 nitrogen and oxygen atoms in total. The summed E-state index contributed by atoms with van der Waals surface area (Å²) in [5.41, 5.74) is 3.68. The number of hydrogen-bond acceptors (Lipinski definition) is 3. The van der Waals surface area contributed by atoms with Crippen LogP contribution < -0.4 is 0 Å². The first-order valence-electron chi connectivity index (χ1n) is 7.80. The number of hydrogen-bond donors (Lipinski definition) is 2. The van der Waals surface area contributed by atoms with Crippen LogP contribution in [0.3, 0.4) is 0 Å². The average molecular weight is 334 g/mol. The van der Waals surface area contributed by atoms with Crippen molar-refractivity contribution in [3.8, 4) is 28.3 Å². The third kappa shape index (κ3) is 2.50. The quantitative estimate of drug-likeness (QED) is 0.565. The topological polar surface area (TPSA) is 58.3 Å². The van der Waals surface area contributed by atoms with Crippen LogP contribution in [0, 0.1) is 12.7 Å². The summed E-state index contributed by atoms with van der Waals surface area (Å²) in [6.45, 7) is 1.62. The van der Waals surface area contributed by atoms with Crippen LogP contribution in [0.25, 0.3) is 27.7 Å². The first-order valence-corrected chi connectivity index (χ1v) is 7.80. The van der Waals surface area contributed by atoms with Crippen LogP contribution in [0.2, 0.25) is 0 Å². The Hall–Kier alpha value is -3.34. The van der Waals surface area contributed by atoms with Crippen molar-refractivity contribution >= 4 is 10.9 Å². The molecule has 3 aromatic carbocycles. The third-order valence-electron chi connectivity index (χ3n) is 4.33. The van der Waals surface area contributed by atoms with Gasteiger partial charge in [0.1, 0.15) is 5.75 Å². The first-order chi connectivity index (χ1) is 12.0. The highest BCUT2D eigenvalue weighted by Gasteiger charge is 2.14. The van der Waals surface area contributed by atoms with E-state index in [1.807, 2.05) is 30.3 Å². The highest BCUT2D eigenvalue weighted by atomic mass is 19.1. The molecule has 0 saturated heterocycles. The Balaban J connectivity index is 1.80. The van der Waals surface area contributed by atoms with Crippen molar-refractivity contribution in [2.75, 3.05) is 0 Å². The van der Waals surface area contributed by atoms with E-state index in [2.05, 4.69) is 5.10 Å². The van der Waals surface area contributed by atoms with Crippen LogP contribution in [0.1, 0.15) is 5.56 Å². The zero-order chi connectivity index (χ0) is 17.6. The van der Waals surface area contributed by atoms with E-state index in [-0.39, 0.29) is 11.5 Å². The van der Waals surface area contributed by atoms with Crippen LogP contribution in [-0.4, -0.2) is 20.0 Å². The van der Waals surface area contributed by atoms with Crippen molar-refractivity contribution in [2.45, 2.75) is 6.92 Å². The van der Waals surface area contributed by atoms with E-state index in [4.69, 9.17) is 0 Å². The van der Waals surface area contributed by atoms with E-state index in [9.17, 15) is 14.6 Å². The maximum absolute atomic E-state index is 13.8. The van der Waals surface area contributed by atoms with Crippen molar-refractivity contribution in [1.29, 1.82) is 0 Å². The lowest BCUT2D eigenvalue weighted by Crippen LogP contribution is -1.96. The summed E-state index contributed by atoms with van der Waals surface area (Å²) >= 11 is 0. The Kier molecular flexibility index (Phi) is 3.42. The molecular weight excluding hydrogens is 319 g/mol. The molecule has 2 N–H and O–H groups in total. The minimum atomic E-state index is -0.619. The lowest BCUT2D eigenvalue weighted by atomic mass is 10.1. The number of rotatable bonds is 2. The number of phenolic OH excluding ortho intramolecular Hbond substituents is 2. The molecule has 4 rings (SSSR count). The SMILES string of the molecule is Cc1c(F)c(O)cc2c1cnn2-c1ccc(-c2cccc(O)c2)cc1. The van der Waals surface area contributed by atoms with Crippen molar-refractivity contribution in [3.05, 3.63) is 72.2 Å². The van der Waals surface area contributed by atoms with Gasteiger partial charge in [-0.05, 0) is 47.9 Å². The molecule has 0 radical (unpaired) electrons. The number of aromatic nitrogens is 2. The first kappa shape index (κ1) is 15.2. The monoisotopic (exact) mass is 334 g/mol. The van der Waals surface area contributed by atoms with Gasteiger partial charge in [-0.25, -0.2) is 9.07 Å². The van der Waals surface area contributed by atoms with Gasteiger partial charge in [-0.15, -0.1) is 0 Å². The third-order valence-corrected chi connectivity index (χ3v) is 4.33. The van der Waals surface area contributed by atoms with E-state index in [0.29, 0.717) is 16.5 Å². The molecule has 0 unspecified atom stereocenters. The minimum Gasteiger partial charge on any atom is -0.508 e. The summed E-state index contributed by atoms with van der Waals surface area (Å²) in [6.07, 6.45) is 1.59. The summed E-state index contributed by atoms with van der Waals surface area (Å²) in [6, 6.07) is 16.0. The molecule has 5 heteroatoms. The van der Waals surface area contributed by atoms with Crippen molar-refractivity contribution in [3.63, 3.8) is 0 Å². The Morgan fingerprint density at radius 1 is 0.960 bits per heavy atom. The normalized spacial score (nSPS) is 11.1. The van der Waals surface area contributed by atoms with Gasteiger partial charge in [0.15, 0.2) is 11.6 Å². The summed E-state index contributed by atoms with van der Waals surface area (Å²) < 4.78 is 15.5. The van der Waals surface area contributed by atoms with Gasteiger partial charge in [-0.1, -0.05) is 24.3 Å². The van der Waals surface area contributed by atoms with E-state index in [0.717, 1.165) is 16.8 Å². The molecule has 0 atom stereocenters. The zero-order valence-electron chi connectivity index (χ0n) is 13.4. The fourth-order valence-electron chi connectivity index (χ4n) is 2.98. The van der Waals surface area contributed by atoms with Crippen LogP contribution >= 0.6 is 0 Å². The van der Waals surface area contributed by atoms with Gasteiger partial charge in [0.05, 0.1) is 17.4 Å². The van der Waals surface area contributed by atoms with Gasteiger partial charge in [0.2, 0.25) is 0 Å². The van der Waals surface area contributed by atoms with Gasteiger partial charge in [0, 0.05) is 11.5 Å². The van der Waals surface area contributed by atoms with Crippen LogP contribution in [0.4, 0.5) is 4.39 Å². The maximum atomic E-state index is 13.8. The standard InChI is InChI=1S/C20H15FN2O2/c1-12-17-11-22-23(18(17)10-19(25)20(12)21)15-7-5-13(6-8-15)14-3-2-4-16(24)9-14/h2-11,24-25H,1H3. The van der Waals surface area contributed by atoms with Crippen LogP contribution in [-0.2, 0) is 0 Å². The van der Waals surface area contributed by atoms with Gasteiger partial charge in [-0.3, -0.25) is 0 Å². The number of nitrogens with zero attached hydrogens (tertiary/aromatic N) is 2. The van der Waals surface area contributed by atoms with Crippen LogP contribution in [0.5, 0.6) is 11.5 Å². The second-order valence-electron chi connectivity index (χ2n) is 5.92. The summed E-state index contributed by atoms with van der Waals surface area (Å²) in [5.74, 6) is -0.790. The van der Waals surface area contributed by atoms with Gasteiger partial charge in [0.25, 0.3) is 0 Å². The fraction of sp³-hybridized carbons (Fsp3) is 0.0500. The van der Waals surface area contributed by atoms with Crippen molar-refractivity contribution in [2.24, 2.45) is 0 Å². The number of aromatic hydroxyl groups is 2. The highest BCUT2D eigenvalue weighted by molar-refractivity contribution is 5.85. The minimum absolute atomic E-state index is 0.215. The molecule has 0 spiro atoms. The molecule has 0 amide bonds.